The van der Waals surface area contributed by atoms with E-state index in [1.807, 2.05) is 4.90 Å². The summed E-state index contributed by atoms with van der Waals surface area (Å²) in [4.78, 5) is 14.5. The SMILES string of the molecule is COc1ccc(NC(=O)N2CCOCC2CC(C)C)cc1OC. The van der Waals surface area contributed by atoms with Crippen LogP contribution in [0.3, 0.4) is 0 Å². The first-order valence-electron chi connectivity index (χ1n) is 7.92. The average Bonchev–Trinajstić information content (AvgIpc) is 2.54. The highest BCUT2D eigenvalue weighted by molar-refractivity contribution is 5.90. The lowest BCUT2D eigenvalue weighted by Crippen LogP contribution is -2.50. The number of nitrogens with zero attached hydrogens (tertiary/aromatic N) is 1. The first kappa shape index (κ1) is 17.4. The fourth-order valence-electron chi connectivity index (χ4n) is 2.77. The molecule has 1 aromatic carbocycles. The smallest absolute Gasteiger partial charge is 0.322 e. The van der Waals surface area contributed by atoms with Crippen molar-refractivity contribution in [2.75, 3.05) is 39.3 Å². The molecule has 0 saturated carbocycles. The van der Waals surface area contributed by atoms with Gasteiger partial charge in [0.1, 0.15) is 0 Å². The van der Waals surface area contributed by atoms with Crippen molar-refractivity contribution in [3.05, 3.63) is 18.2 Å². The minimum Gasteiger partial charge on any atom is -0.493 e. The lowest BCUT2D eigenvalue weighted by atomic mass is 10.0. The fraction of sp³-hybridized carbons (Fsp3) is 0.588. The van der Waals surface area contributed by atoms with E-state index < -0.39 is 0 Å². The third-order valence-electron chi connectivity index (χ3n) is 3.87. The summed E-state index contributed by atoms with van der Waals surface area (Å²) in [7, 11) is 3.16. The van der Waals surface area contributed by atoms with Crippen LogP contribution in [0.2, 0.25) is 0 Å². The summed E-state index contributed by atoms with van der Waals surface area (Å²) in [6.07, 6.45) is 0.930. The molecule has 0 aliphatic carbocycles. The van der Waals surface area contributed by atoms with Gasteiger partial charge < -0.3 is 24.4 Å². The van der Waals surface area contributed by atoms with Crippen molar-refractivity contribution in [1.82, 2.24) is 4.90 Å². The fourth-order valence-corrected chi connectivity index (χ4v) is 2.77. The maximum Gasteiger partial charge on any atom is 0.322 e. The Bertz CT molecular complexity index is 533. The van der Waals surface area contributed by atoms with Crippen molar-refractivity contribution >= 4 is 11.7 Å². The van der Waals surface area contributed by atoms with E-state index in [1.54, 1.807) is 32.4 Å². The Morgan fingerprint density at radius 3 is 2.74 bits per heavy atom. The zero-order chi connectivity index (χ0) is 16.8. The quantitative estimate of drug-likeness (QED) is 0.905. The molecule has 6 nitrogen and oxygen atoms in total. The van der Waals surface area contributed by atoms with Crippen LogP contribution in [-0.4, -0.2) is 51.0 Å². The molecule has 1 fully saturated rings. The van der Waals surface area contributed by atoms with Gasteiger partial charge in [0.15, 0.2) is 11.5 Å². The highest BCUT2D eigenvalue weighted by Crippen LogP contribution is 2.30. The van der Waals surface area contributed by atoms with Crippen molar-refractivity contribution in [2.24, 2.45) is 5.92 Å². The Labute approximate surface area is 137 Å². The van der Waals surface area contributed by atoms with E-state index in [1.165, 1.54) is 0 Å². The number of hydrogen-bond donors (Lipinski definition) is 1. The second-order valence-electron chi connectivity index (χ2n) is 6.05. The molecule has 1 unspecified atom stereocenters. The highest BCUT2D eigenvalue weighted by Gasteiger charge is 2.28. The molecule has 1 heterocycles. The van der Waals surface area contributed by atoms with Crippen molar-refractivity contribution in [3.8, 4) is 11.5 Å². The molecule has 0 bridgehead atoms. The van der Waals surface area contributed by atoms with Gasteiger partial charge in [0.25, 0.3) is 0 Å². The first-order valence-corrected chi connectivity index (χ1v) is 7.92. The highest BCUT2D eigenvalue weighted by atomic mass is 16.5. The molecule has 1 aromatic rings. The van der Waals surface area contributed by atoms with E-state index in [2.05, 4.69) is 19.2 Å². The normalized spacial score (nSPS) is 18.0. The molecule has 6 heteroatoms. The molecule has 0 aromatic heterocycles. The van der Waals surface area contributed by atoms with Crippen LogP contribution >= 0.6 is 0 Å². The molecular weight excluding hydrogens is 296 g/mol. The van der Waals surface area contributed by atoms with Crippen molar-refractivity contribution in [1.29, 1.82) is 0 Å². The van der Waals surface area contributed by atoms with Gasteiger partial charge in [-0.15, -0.1) is 0 Å². The Kier molecular flexibility index (Phi) is 6.10. The van der Waals surface area contributed by atoms with Gasteiger partial charge in [0.05, 0.1) is 33.5 Å². The van der Waals surface area contributed by atoms with Gasteiger partial charge in [-0.3, -0.25) is 0 Å². The van der Waals surface area contributed by atoms with Crippen LogP contribution in [0.25, 0.3) is 0 Å². The minimum atomic E-state index is -0.105. The van der Waals surface area contributed by atoms with E-state index in [0.29, 0.717) is 42.9 Å². The van der Waals surface area contributed by atoms with E-state index in [-0.39, 0.29) is 12.1 Å². The molecule has 0 spiro atoms. The van der Waals surface area contributed by atoms with Crippen molar-refractivity contribution in [2.45, 2.75) is 26.3 Å². The lowest BCUT2D eigenvalue weighted by molar-refractivity contribution is 0.00857. The number of carbonyl (C=O) groups is 1. The van der Waals surface area contributed by atoms with Gasteiger partial charge >= 0.3 is 6.03 Å². The zero-order valence-corrected chi connectivity index (χ0v) is 14.3. The zero-order valence-electron chi connectivity index (χ0n) is 14.3. The summed E-state index contributed by atoms with van der Waals surface area (Å²) in [6.45, 7) is 6.08. The number of carbonyl (C=O) groups excluding carboxylic acids is 1. The summed E-state index contributed by atoms with van der Waals surface area (Å²) in [5.74, 6) is 1.73. The van der Waals surface area contributed by atoms with E-state index in [9.17, 15) is 4.79 Å². The van der Waals surface area contributed by atoms with E-state index >= 15 is 0 Å². The second-order valence-corrected chi connectivity index (χ2v) is 6.05. The molecule has 2 rings (SSSR count). The van der Waals surface area contributed by atoms with Crippen LogP contribution in [0, 0.1) is 5.92 Å². The molecule has 1 atom stereocenters. The summed E-state index contributed by atoms with van der Waals surface area (Å²) in [5.41, 5.74) is 0.683. The van der Waals surface area contributed by atoms with Gasteiger partial charge in [0.2, 0.25) is 0 Å². The summed E-state index contributed by atoms with van der Waals surface area (Å²) in [6, 6.07) is 5.35. The predicted molar refractivity (Wildman–Crippen MR) is 89.3 cm³/mol. The molecule has 1 aliphatic heterocycles. The lowest BCUT2D eigenvalue weighted by Gasteiger charge is -2.36. The van der Waals surface area contributed by atoms with Crippen LogP contribution in [0.4, 0.5) is 10.5 Å². The van der Waals surface area contributed by atoms with Crippen LogP contribution < -0.4 is 14.8 Å². The van der Waals surface area contributed by atoms with E-state index in [4.69, 9.17) is 14.2 Å². The minimum absolute atomic E-state index is 0.105. The largest absolute Gasteiger partial charge is 0.493 e. The molecule has 0 radical (unpaired) electrons. The second kappa shape index (κ2) is 8.06. The Balaban J connectivity index is 2.07. The van der Waals surface area contributed by atoms with Crippen molar-refractivity contribution < 1.29 is 19.0 Å². The first-order chi connectivity index (χ1) is 11.0. The van der Waals surface area contributed by atoms with Gasteiger partial charge in [-0.1, -0.05) is 13.8 Å². The van der Waals surface area contributed by atoms with Crippen LogP contribution in [0.5, 0.6) is 11.5 Å². The van der Waals surface area contributed by atoms with Gasteiger partial charge in [0, 0.05) is 18.3 Å². The summed E-state index contributed by atoms with van der Waals surface area (Å²) in [5, 5.41) is 2.94. The van der Waals surface area contributed by atoms with Crippen molar-refractivity contribution in [3.63, 3.8) is 0 Å². The maximum absolute atomic E-state index is 12.6. The molecule has 1 N–H and O–H groups in total. The number of rotatable bonds is 5. The number of hydrogen-bond acceptors (Lipinski definition) is 4. The Morgan fingerprint density at radius 2 is 2.09 bits per heavy atom. The number of ether oxygens (including phenoxy) is 3. The van der Waals surface area contributed by atoms with Gasteiger partial charge in [-0.25, -0.2) is 4.79 Å². The van der Waals surface area contributed by atoms with Gasteiger partial charge in [-0.2, -0.15) is 0 Å². The topological polar surface area (TPSA) is 60.0 Å². The Morgan fingerprint density at radius 1 is 1.35 bits per heavy atom. The van der Waals surface area contributed by atoms with Crippen LogP contribution in [-0.2, 0) is 4.74 Å². The molecule has 1 saturated heterocycles. The third kappa shape index (κ3) is 4.51. The summed E-state index contributed by atoms with van der Waals surface area (Å²) < 4.78 is 16.0. The number of anilines is 1. The predicted octanol–water partition coefficient (Wildman–Crippen LogP) is 2.98. The van der Waals surface area contributed by atoms with Crippen LogP contribution in [0.1, 0.15) is 20.3 Å². The Hall–Kier alpha value is -1.95. The standard InChI is InChI=1S/C17H26N2O4/c1-12(2)9-14-11-23-8-7-19(14)17(20)18-13-5-6-15(21-3)16(10-13)22-4/h5-6,10,12,14H,7-9,11H2,1-4H3,(H,18,20). The molecule has 23 heavy (non-hydrogen) atoms. The number of morpholine rings is 1. The average molecular weight is 322 g/mol. The number of benzene rings is 1. The number of nitrogens with one attached hydrogen (secondary N) is 1. The number of methoxy groups -OCH3 is 2. The third-order valence-corrected chi connectivity index (χ3v) is 3.87. The molecule has 2 amide bonds. The number of urea groups is 1. The maximum atomic E-state index is 12.6. The molecular formula is C17H26N2O4. The molecule has 1 aliphatic rings. The van der Waals surface area contributed by atoms with Crippen LogP contribution in [0.15, 0.2) is 18.2 Å². The number of amides is 2. The molecule has 128 valence electrons. The van der Waals surface area contributed by atoms with E-state index in [0.717, 1.165) is 6.42 Å². The monoisotopic (exact) mass is 322 g/mol. The van der Waals surface area contributed by atoms with Gasteiger partial charge in [-0.05, 0) is 24.5 Å². The summed E-state index contributed by atoms with van der Waals surface area (Å²) >= 11 is 0.